The Bertz CT molecular complexity index is 64.9. The van der Waals surface area contributed by atoms with Crippen molar-refractivity contribution in [2.45, 2.75) is 19.8 Å². The van der Waals surface area contributed by atoms with Crippen LogP contribution in [0.4, 0.5) is 0 Å². The molecule has 0 saturated heterocycles. The summed E-state index contributed by atoms with van der Waals surface area (Å²) in [5.41, 5.74) is 0. The largest absolute Gasteiger partial charge is 0.344 e. The molecule has 1 atom stereocenters. The molecule has 4 N–H and O–H groups in total. The molecular weight excluding hydrogens is 153 g/mol. The van der Waals surface area contributed by atoms with Gasteiger partial charge in [0.25, 0.3) is 0 Å². The number of rotatable bonds is 5. The summed E-state index contributed by atoms with van der Waals surface area (Å²) in [5.74, 6) is 0. The average Bonchev–Trinajstić information content (AvgIpc) is 1.89. The second-order valence-corrected chi connectivity index (χ2v) is 2.71. The maximum Gasteiger partial charge on any atom is 0.329 e. The third-order valence-corrected chi connectivity index (χ3v) is 1.57. The quantitative estimate of drug-likeness (QED) is 0.486. The molecule has 1 unspecified atom stereocenters. The predicted molar refractivity (Wildman–Crippen MR) is 42.0 cm³/mol. The van der Waals surface area contributed by atoms with Crippen LogP contribution < -0.4 is 6.15 Å². The van der Waals surface area contributed by atoms with Gasteiger partial charge in [-0.05, 0) is 6.42 Å². The Morgan fingerprint density at radius 1 is 1.50 bits per heavy atom. The first-order valence-electron chi connectivity index (χ1n) is 2.97. The molecule has 4 nitrogen and oxygen atoms in total. The standard InChI is InChI=1S/C5H13O3P.H3N/c1-3-4-5-8-9(6)7-2;/h6H,3-5H2,1-2H3;1H3. The molecule has 0 bridgehead atoms. The molecule has 0 aromatic rings. The van der Waals surface area contributed by atoms with Crippen molar-refractivity contribution in [1.82, 2.24) is 6.15 Å². The van der Waals surface area contributed by atoms with Gasteiger partial charge in [0.05, 0.1) is 6.61 Å². The lowest BCUT2D eigenvalue weighted by Crippen LogP contribution is -1.88. The number of hydrogen-bond acceptors (Lipinski definition) is 4. The normalized spacial score (nSPS) is 12.3. The van der Waals surface area contributed by atoms with E-state index in [9.17, 15) is 0 Å². The fourth-order valence-corrected chi connectivity index (χ4v) is 0.730. The summed E-state index contributed by atoms with van der Waals surface area (Å²) in [5, 5.41) is 0. The van der Waals surface area contributed by atoms with Crippen molar-refractivity contribution >= 4 is 8.60 Å². The summed E-state index contributed by atoms with van der Waals surface area (Å²) in [7, 11) is -0.162. The van der Waals surface area contributed by atoms with Crippen molar-refractivity contribution in [2.24, 2.45) is 0 Å². The fraction of sp³-hybridized carbons (Fsp3) is 1.00. The summed E-state index contributed by atoms with van der Waals surface area (Å²) in [4.78, 5) is 8.70. The molecule has 0 amide bonds. The lowest BCUT2D eigenvalue weighted by molar-refractivity contribution is 0.226. The lowest BCUT2D eigenvalue weighted by atomic mass is 10.4. The molecule has 0 radical (unpaired) electrons. The molecule has 0 aliphatic heterocycles. The molecule has 0 aromatic carbocycles. The molecule has 0 aliphatic rings. The minimum atomic E-state index is -1.59. The van der Waals surface area contributed by atoms with Gasteiger partial charge in [-0.15, -0.1) is 0 Å². The molecule has 0 spiro atoms. The first kappa shape index (κ1) is 12.9. The van der Waals surface area contributed by atoms with E-state index in [0.717, 1.165) is 12.8 Å². The highest BCUT2D eigenvalue weighted by molar-refractivity contribution is 7.40. The summed E-state index contributed by atoms with van der Waals surface area (Å²) < 4.78 is 9.32. The van der Waals surface area contributed by atoms with Crippen LogP contribution in [0.15, 0.2) is 0 Å². The van der Waals surface area contributed by atoms with Crippen LogP contribution in [0.25, 0.3) is 0 Å². The Balaban J connectivity index is 0. The summed E-state index contributed by atoms with van der Waals surface area (Å²) in [6.07, 6.45) is 2.05. The minimum Gasteiger partial charge on any atom is -0.344 e. The Kier molecular flexibility index (Phi) is 12.0. The molecule has 0 rings (SSSR count). The van der Waals surface area contributed by atoms with E-state index in [4.69, 9.17) is 9.42 Å². The molecule has 0 heterocycles. The van der Waals surface area contributed by atoms with Gasteiger partial charge < -0.3 is 20.1 Å². The summed E-state index contributed by atoms with van der Waals surface area (Å²) in [6.45, 7) is 2.66. The van der Waals surface area contributed by atoms with Gasteiger partial charge >= 0.3 is 8.60 Å². The van der Waals surface area contributed by atoms with E-state index in [1.165, 1.54) is 7.11 Å². The number of hydrogen-bond donors (Lipinski definition) is 2. The van der Waals surface area contributed by atoms with E-state index in [1.807, 2.05) is 0 Å². The van der Waals surface area contributed by atoms with Crippen LogP contribution in [0.1, 0.15) is 19.8 Å². The van der Waals surface area contributed by atoms with E-state index in [0.29, 0.717) is 6.61 Å². The van der Waals surface area contributed by atoms with Gasteiger partial charge in [-0.1, -0.05) is 13.3 Å². The van der Waals surface area contributed by atoms with Gasteiger partial charge in [-0.3, -0.25) is 0 Å². The molecule has 10 heavy (non-hydrogen) atoms. The van der Waals surface area contributed by atoms with Crippen molar-refractivity contribution in [2.75, 3.05) is 13.7 Å². The van der Waals surface area contributed by atoms with Crippen molar-refractivity contribution in [3.05, 3.63) is 0 Å². The van der Waals surface area contributed by atoms with Gasteiger partial charge in [-0.25, -0.2) is 0 Å². The summed E-state index contributed by atoms with van der Waals surface area (Å²) in [6, 6.07) is 0. The van der Waals surface area contributed by atoms with Gasteiger partial charge in [0.1, 0.15) is 0 Å². The van der Waals surface area contributed by atoms with Gasteiger partial charge in [-0.2, -0.15) is 0 Å². The third-order valence-electron chi connectivity index (χ3n) is 0.856. The lowest BCUT2D eigenvalue weighted by Gasteiger charge is -2.05. The van der Waals surface area contributed by atoms with Gasteiger partial charge in [0.2, 0.25) is 0 Å². The minimum absolute atomic E-state index is 0. The first-order valence-corrected chi connectivity index (χ1v) is 4.10. The average molecular weight is 169 g/mol. The third kappa shape index (κ3) is 8.27. The molecule has 5 heteroatoms. The Morgan fingerprint density at radius 2 is 2.10 bits per heavy atom. The Morgan fingerprint density at radius 3 is 2.50 bits per heavy atom. The molecular formula is C5H16NO3P. The summed E-state index contributed by atoms with van der Waals surface area (Å²) >= 11 is 0. The van der Waals surface area contributed by atoms with Crippen LogP contribution in [0.2, 0.25) is 0 Å². The zero-order valence-electron chi connectivity index (χ0n) is 6.54. The van der Waals surface area contributed by atoms with E-state index in [1.54, 1.807) is 0 Å². The maximum atomic E-state index is 8.70. The van der Waals surface area contributed by atoms with Crippen LogP contribution in [-0.2, 0) is 9.05 Å². The maximum absolute atomic E-state index is 8.70. The number of unbranched alkanes of at least 4 members (excludes halogenated alkanes) is 1. The van der Waals surface area contributed by atoms with Crippen molar-refractivity contribution in [3.8, 4) is 0 Å². The van der Waals surface area contributed by atoms with Crippen LogP contribution in [0.5, 0.6) is 0 Å². The monoisotopic (exact) mass is 169 g/mol. The molecule has 0 saturated carbocycles. The molecule has 0 aliphatic carbocycles. The first-order chi connectivity index (χ1) is 4.31. The smallest absolute Gasteiger partial charge is 0.329 e. The molecule has 0 fully saturated rings. The fourth-order valence-electron chi connectivity index (χ4n) is 0.340. The second-order valence-electron chi connectivity index (χ2n) is 1.61. The van der Waals surface area contributed by atoms with Crippen LogP contribution in [-0.4, -0.2) is 18.6 Å². The zero-order chi connectivity index (χ0) is 7.11. The van der Waals surface area contributed by atoms with Crippen LogP contribution in [0.3, 0.4) is 0 Å². The van der Waals surface area contributed by atoms with Crippen molar-refractivity contribution < 1.29 is 13.9 Å². The van der Waals surface area contributed by atoms with E-state index < -0.39 is 8.60 Å². The van der Waals surface area contributed by atoms with Gasteiger partial charge in [0.15, 0.2) is 0 Å². The Hall–Kier alpha value is 0.270. The highest BCUT2D eigenvalue weighted by Crippen LogP contribution is 2.30. The van der Waals surface area contributed by atoms with E-state index >= 15 is 0 Å². The van der Waals surface area contributed by atoms with Crippen LogP contribution >= 0.6 is 8.60 Å². The molecule has 0 aromatic heterocycles. The predicted octanol–water partition coefficient (Wildman–Crippen LogP) is 1.83. The topological polar surface area (TPSA) is 73.7 Å². The highest BCUT2D eigenvalue weighted by atomic mass is 31.2. The van der Waals surface area contributed by atoms with Gasteiger partial charge in [0, 0.05) is 7.11 Å². The van der Waals surface area contributed by atoms with Crippen molar-refractivity contribution in [1.29, 1.82) is 0 Å². The van der Waals surface area contributed by atoms with E-state index in [2.05, 4.69) is 11.4 Å². The van der Waals surface area contributed by atoms with E-state index in [-0.39, 0.29) is 6.15 Å². The zero-order valence-corrected chi connectivity index (χ0v) is 7.43. The molecule has 64 valence electrons. The van der Waals surface area contributed by atoms with Crippen molar-refractivity contribution in [3.63, 3.8) is 0 Å². The van der Waals surface area contributed by atoms with Crippen LogP contribution in [0, 0.1) is 0 Å². The highest BCUT2D eigenvalue weighted by Gasteiger charge is 2.00. The SMILES string of the molecule is CCCCOP(O)OC.N. The Labute approximate surface area is 63.1 Å². The second kappa shape index (κ2) is 9.27.